The molecule has 0 saturated carbocycles. The van der Waals surface area contributed by atoms with Gasteiger partial charge in [-0.3, -0.25) is 9.36 Å². The van der Waals surface area contributed by atoms with E-state index >= 15 is 0 Å². The molecule has 1 aromatic heterocycles. The van der Waals surface area contributed by atoms with Crippen molar-refractivity contribution in [2.24, 2.45) is 0 Å². The molecule has 86 valence electrons. The first-order valence-corrected chi connectivity index (χ1v) is 5.36. The van der Waals surface area contributed by atoms with Gasteiger partial charge in [0.25, 0.3) is 5.56 Å². The quantitative estimate of drug-likeness (QED) is 0.749. The number of rotatable bonds is 1. The monoisotopic (exact) mass is 227 g/mol. The lowest BCUT2D eigenvalue weighted by atomic mass is 10.3. The molecule has 0 atom stereocenters. The average Bonchev–Trinajstić information content (AvgIpc) is 2.42. The molecule has 2 rings (SSSR count). The SMILES string of the molecule is CC.N#Cc1nccn(-c2ccccc2)c1=O. The normalized spacial score (nSPS) is 8.76. The zero-order valence-corrected chi connectivity index (χ0v) is 9.79. The Balaban J connectivity index is 0.000000686. The van der Waals surface area contributed by atoms with Crippen LogP contribution in [0.4, 0.5) is 0 Å². The molecule has 0 bridgehead atoms. The van der Waals surface area contributed by atoms with Crippen molar-refractivity contribution in [1.29, 1.82) is 5.26 Å². The second-order valence-electron chi connectivity index (χ2n) is 2.90. The second kappa shape index (κ2) is 6.23. The maximum atomic E-state index is 11.7. The first-order valence-electron chi connectivity index (χ1n) is 5.36. The van der Waals surface area contributed by atoms with Crippen molar-refractivity contribution >= 4 is 0 Å². The van der Waals surface area contributed by atoms with Crippen LogP contribution in [0.2, 0.25) is 0 Å². The third kappa shape index (κ3) is 2.79. The molecule has 4 nitrogen and oxygen atoms in total. The Hall–Kier alpha value is -2.41. The van der Waals surface area contributed by atoms with Gasteiger partial charge in [-0.2, -0.15) is 5.26 Å². The minimum absolute atomic E-state index is 0.0960. The molecule has 0 spiro atoms. The molecular formula is C13H13N3O. The van der Waals surface area contributed by atoms with Crippen LogP contribution in [-0.4, -0.2) is 9.55 Å². The Morgan fingerprint density at radius 3 is 2.47 bits per heavy atom. The van der Waals surface area contributed by atoms with E-state index in [-0.39, 0.29) is 5.69 Å². The average molecular weight is 227 g/mol. The molecule has 1 aromatic carbocycles. The van der Waals surface area contributed by atoms with Crippen molar-refractivity contribution in [3.63, 3.8) is 0 Å². The smallest absolute Gasteiger partial charge is 0.280 e. The van der Waals surface area contributed by atoms with E-state index in [4.69, 9.17) is 5.26 Å². The molecule has 0 radical (unpaired) electrons. The molecule has 17 heavy (non-hydrogen) atoms. The highest BCUT2D eigenvalue weighted by Gasteiger charge is 2.04. The number of para-hydroxylation sites is 1. The van der Waals surface area contributed by atoms with Crippen LogP contribution in [0.1, 0.15) is 19.5 Å². The number of nitriles is 1. The fourth-order valence-corrected chi connectivity index (χ4v) is 1.28. The van der Waals surface area contributed by atoms with Crippen LogP contribution < -0.4 is 5.56 Å². The van der Waals surface area contributed by atoms with Crippen molar-refractivity contribution < 1.29 is 0 Å². The van der Waals surface area contributed by atoms with Crippen LogP contribution in [0.5, 0.6) is 0 Å². The lowest BCUT2D eigenvalue weighted by Gasteiger charge is -2.03. The summed E-state index contributed by atoms with van der Waals surface area (Å²) in [7, 11) is 0. The summed E-state index contributed by atoms with van der Waals surface area (Å²) in [5.74, 6) is 0. The van der Waals surface area contributed by atoms with Crippen molar-refractivity contribution in [3.05, 3.63) is 58.8 Å². The fourth-order valence-electron chi connectivity index (χ4n) is 1.28. The first kappa shape index (κ1) is 12.7. The lowest BCUT2D eigenvalue weighted by Crippen LogP contribution is -2.21. The molecule has 0 N–H and O–H groups in total. The minimum Gasteiger partial charge on any atom is -0.280 e. The van der Waals surface area contributed by atoms with Crippen LogP contribution in [0.15, 0.2) is 47.5 Å². The van der Waals surface area contributed by atoms with Crippen LogP contribution in [0.25, 0.3) is 5.69 Å². The summed E-state index contributed by atoms with van der Waals surface area (Å²) >= 11 is 0. The maximum absolute atomic E-state index is 11.7. The lowest BCUT2D eigenvalue weighted by molar-refractivity contribution is 0.943. The van der Waals surface area contributed by atoms with E-state index < -0.39 is 5.56 Å². The molecule has 0 saturated heterocycles. The highest BCUT2D eigenvalue weighted by molar-refractivity contribution is 5.32. The predicted octanol–water partition coefficient (Wildman–Crippen LogP) is 2.13. The molecule has 0 amide bonds. The molecular weight excluding hydrogens is 214 g/mol. The third-order valence-corrected chi connectivity index (χ3v) is 1.98. The Labute approximate surface area is 99.8 Å². The predicted molar refractivity (Wildman–Crippen MR) is 65.9 cm³/mol. The van der Waals surface area contributed by atoms with Gasteiger partial charge in [0, 0.05) is 18.1 Å². The fraction of sp³-hybridized carbons (Fsp3) is 0.154. The summed E-state index contributed by atoms with van der Waals surface area (Å²) in [6, 6.07) is 10.9. The van der Waals surface area contributed by atoms with Gasteiger partial charge in [-0.1, -0.05) is 32.0 Å². The molecule has 0 aliphatic carbocycles. The van der Waals surface area contributed by atoms with E-state index in [1.165, 1.54) is 10.8 Å². The highest BCUT2D eigenvalue weighted by atomic mass is 16.1. The van der Waals surface area contributed by atoms with Crippen molar-refractivity contribution in [3.8, 4) is 11.8 Å². The van der Waals surface area contributed by atoms with E-state index in [1.807, 2.05) is 32.0 Å². The molecule has 0 aliphatic heterocycles. The largest absolute Gasteiger partial charge is 0.291 e. The summed E-state index contributed by atoms with van der Waals surface area (Å²) in [6.45, 7) is 4.00. The zero-order chi connectivity index (χ0) is 12.7. The number of hydrogen-bond acceptors (Lipinski definition) is 3. The van der Waals surface area contributed by atoms with Gasteiger partial charge >= 0.3 is 0 Å². The summed E-state index contributed by atoms with van der Waals surface area (Å²) in [5.41, 5.74) is 0.231. The first-order chi connectivity index (χ1) is 8.33. The Morgan fingerprint density at radius 1 is 1.24 bits per heavy atom. The van der Waals surface area contributed by atoms with E-state index in [0.717, 1.165) is 5.69 Å². The molecule has 0 unspecified atom stereocenters. The van der Waals surface area contributed by atoms with Crippen molar-refractivity contribution in [2.45, 2.75) is 13.8 Å². The number of aromatic nitrogens is 2. The van der Waals surface area contributed by atoms with Crippen molar-refractivity contribution in [2.75, 3.05) is 0 Å². The zero-order valence-electron chi connectivity index (χ0n) is 9.79. The van der Waals surface area contributed by atoms with Crippen LogP contribution in [-0.2, 0) is 0 Å². The van der Waals surface area contributed by atoms with Crippen LogP contribution >= 0.6 is 0 Å². The minimum atomic E-state index is -0.397. The van der Waals surface area contributed by atoms with Crippen LogP contribution in [0, 0.1) is 11.3 Å². The summed E-state index contributed by atoms with van der Waals surface area (Å²) in [4.78, 5) is 15.4. The molecule has 0 fully saturated rings. The topological polar surface area (TPSA) is 58.7 Å². The van der Waals surface area contributed by atoms with E-state index in [9.17, 15) is 4.79 Å². The van der Waals surface area contributed by atoms with Gasteiger partial charge in [-0.25, -0.2) is 4.98 Å². The van der Waals surface area contributed by atoms with Gasteiger partial charge in [0.05, 0.1) is 0 Å². The van der Waals surface area contributed by atoms with Gasteiger partial charge in [0.2, 0.25) is 5.69 Å². The Bertz CT molecular complexity index is 567. The van der Waals surface area contributed by atoms with E-state index in [0.29, 0.717) is 0 Å². The molecule has 0 aliphatic rings. The highest BCUT2D eigenvalue weighted by Crippen LogP contribution is 2.02. The summed E-state index contributed by atoms with van der Waals surface area (Å²) < 4.78 is 1.39. The molecule has 2 aromatic rings. The van der Waals surface area contributed by atoms with Gasteiger partial charge in [0.15, 0.2) is 0 Å². The van der Waals surface area contributed by atoms with E-state index in [2.05, 4.69) is 4.98 Å². The molecule has 4 heteroatoms. The second-order valence-corrected chi connectivity index (χ2v) is 2.90. The summed E-state index contributed by atoms with van der Waals surface area (Å²) in [6.07, 6.45) is 2.98. The number of hydrogen-bond donors (Lipinski definition) is 0. The Kier molecular flexibility index (Phi) is 4.64. The third-order valence-electron chi connectivity index (χ3n) is 1.98. The van der Waals surface area contributed by atoms with Gasteiger partial charge in [0.1, 0.15) is 6.07 Å². The van der Waals surface area contributed by atoms with Gasteiger partial charge in [-0.15, -0.1) is 0 Å². The van der Waals surface area contributed by atoms with Crippen molar-refractivity contribution in [1.82, 2.24) is 9.55 Å². The Morgan fingerprint density at radius 2 is 1.88 bits per heavy atom. The summed E-state index contributed by atoms with van der Waals surface area (Å²) in [5, 5.41) is 8.66. The van der Waals surface area contributed by atoms with E-state index in [1.54, 1.807) is 24.4 Å². The van der Waals surface area contributed by atoms with Gasteiger partial charge in [-0.05, 0) is 12.1 Å². The number of nitrogens with zero attached hydrogens (tertiary/aromatic N) is 3. The standard InChI is InChI=1S/C11H7N3O.C2H6/c12-8-10-11(15)14(7-6-13-10)9-4-2-1-3-5-9;1-2/h1-7H;1-2H3. The number of benzene rings is 1. The molecule has 1 heterocycles. The van der Waals surface area contributed by atoms with Gasteiger partial charge < -0.3 is 0 Å². The maximum Gasteiger partial charge on any atom is 0.291 e. The van der Waals surface area contributed by atoms with Crippen LogP contribution in [0.3, 0.4) is 0 Å².